The number of carbonyl (C=O) groups is 1. The molecule has 0 saturated heterocycles. The van der Waals surface area contributed by atoms with E-state index < -0.39 is 12.2 Å². The molecule has 0 spiro atoms. The first-order valence-corrected chi connectivity index (χ1v) is 7.32. The molecule has 0 bridgehead atoms. The molecular weight excluding hydrogens is 272 g/mol. The van der Waals surface area contributed by atoms with E-state index in [1.807, 2.05) is 0 Å². The second kappa shape index (κ2) is 7.05. The van der Waals surface area contributed by atoms with Crippen molar-refractivity contribution in [2.24, 2.45) is 15.8 Å². The van der Waals surface area contributed by atoms with Crippen LogP contribution in [0.2, 0.25) is 0 Å². The van der Waals surface area contributed by atoms with Crippen molar-refractivity contribution in [3.8, 4) is 0 Å². The van der Waals surface area contributed by atoms with Crippen molar-refractivity contribution >= 4 is 12.2 Å². The first-order chi connectivity index (χ1) is 9.69. The van der Waals surface area contributed by atoms with E-state index in [4.69, 9.17) is 9.84 Å². The normalized spacial score (nSPS) is 29.1. The van der Waals surface area contributed by atoms with Crippen LogP contribution in [0, 0.1) is 10.8 Å². The molecule has 2 N–H and O–H groups in total. The van der Waals surface area contributed by atoms with Crippen LogP contribution < -0.4 is 5.32 Å². The Labute approximate surface area is 126 Å². The van der Waals surface area contributed by atoms with Crippen LogP contribution in [0.3, 0.4) is 0 Å². The van der Waals surface area contributed by atoms with Gasteiger partial charge >= 0.3 is 6.09 Å². The molecule has 120 valence electrons. The molecule has 0 radical (unpaired) electrons. The summed E-state index contributed by atoms with van der Waals surface area (Å²) in [6.45, 7) is 8.25. The number of aliphatic hydroxyl groups excluding tert-OH is 1. The Morgan fingerprint density at radius 2 is 2.14 bits per heavy atom. The van der Waals surface area contributed by atoms with E-state index in [0.29, 0.717) is 6.54 Å². The first kappa shape index (κ1) is 17.7. The van der Waals surface area contributed by atoms with Gasteiger partial charge in [0.25, 0.3) is 0 Å². The van der Waals surface area contributed by atoms with Gasteiger partial charge < -0.3 is 15.2 Å². The number of carbonyl (C=O) groups excluding carboxylic acids is 2. The predicted octanol–water partition coefficient (Wildman–Crippen LogP) is 2.01. The fourth-order valence-electron chi connectivity index (χ4n) is 3.43. The maximum Gasteiger partial charge on any atom is 0.407 e. The van der Waals surface area contributed by atoms with Gasteiger partial charge in [-0.3, -0.25) is 0 Å². The van der Waals surface area contributed by atoms with Gasteiger partial charge in [-0.25, -0.2) is 14.6 Å². The van der Waals surface area contributed by atoms with Crippen molar-refractivity contribution in [1.29, 1.82) is 0 Å². The van der Waals surface area contributed by atoms with Crippen molar-refractivity contribution in [1.82, 2.24) is 5.32 Å². The Balaban J connectivity index is 2.62. The summed E-state index contributed by atoms with van der Waals surface area (Å²) in [6, 6.07) is -0.0505. The third-order valence-electron chi connectivity index (χ3n) is 3.88. The molecule has 1 aliphatic carbocycles. The van der Waals surface area contributed by atoms with Gasteiger partial charge in [-0.15, -0.1) is 0 Å². The highest BCUT2D eigenvalue weighted by Gasteiger charge is 2.41. The Morgan fingerprint density at radius 1 is 1.48 bits per heavy atom. The van der Waals surface area contributed by atoms with Gasteiger partial charge in [0.05, 0.1) is 12.6 Å². The largest absolute Gasteiger partial charge is 0.444 e. The molecule has 0 heterocycles. The van der Waals surface area contributed by atoms with Crippen LogP contribution in [0.5, 0.6) is 0 Å². The Bertz CT molecular complexity index is 418. The first-order valence-electron chi connectivity index (χ1n) is 7.32. The minimum absolute atomic E-state index is 0.0505. The molecule has 0 aliphatic heterocycles. The number of aliphatic hydroxyl groups is 1. The van der Waals surface area contributed by atoms with E-state index in [9.17, 15) is 9.59 Å². The van der Waals surface area contributed by atoms with Crippen LogP contribution in [-0.4, -0.2) is 42.6 Å². The molecule has 21 heavy (non-hydrogen) atoms. The summed E-state index contributed by atoms with van der Waals surface area (Å²) in [5, 5.41) is 11.6. The van der Waals surface area contributed by atoms with Gasteiger partial charge in [-0.1, -0.05) is 20.8 Å². The van der Waals surface area contributed by atoms with Gasteiger partial charge in [0.2, 0.25) is 6.08 Å². The number of hydrogen-bond donors (Lipinski definition) is 2. The monoisotopic (exact) mass is 298 g/mol. The minimum atomic E-state index is -0.531. The lowest BCUT2D eigenvalue weighted by atomic mass is 9.63. The topological polar surface area (TPSA) is 88.0 Å². The lowest BCUT2D eigenvalue weighted by Crippen LogP contribution is -2.45. The minimum Gasteiger partial charge on any atom is -0.444 e. The second-order valence-corrected chi connectivity index (χ2v) is 7.19. The van der Waals surface area contributed by atoms with Gasteiger partial charge in [-0.2, -0.15) is 0 Å². The van der Waals surface area contributed by atoms with Gasteiger partial charge in [0, 0.05) is 6.54 Å². The summed E-state index contributed by atoms with van der Waals surface area (Å²) in [5.41, 5.74) is -0.0871. The summed E-state index contributed by atoms with van der Waals surface area (Å²) in [7, 11) is 0. The van der Waals surface area contributed by atoms with E-state index in [1.165, 1.54) is 0 Å². The number of aliphatic imine (C=N–C) groups is 1. The molecule has 0 aromatic rings. The smallest absolute Gasteiger partial charge is 0.407 e. The maximum atomic E-state index is 11.6. The van der Waals surface area contributed by atoms with Crippen molar-refractivity contribution in [2.45, 2.75) is 59.1 Å². The molecule has 0 aromatic heterocycles. The second-order valence-electron chi connectivity index (χ2n) is 7.19. The SMILES string of the molecule is CC(CO)OC(=O)NCC1(C)CC(N=C=O)CC(C)(C)C1. The zero-order valence-electron chi connectivity index (χ0n) is 13.3. The van der Waals surface area contributed by atoms with Crippen molar-refractivity contribution in [3.63, 3.8) is 0 Å². The number of hydrogen-bond acceptors (Lipinski definition) is 5. The molecule has 6 nitrogen and oxygen atoms in total. The van der Waals surface area contributed by atoms with Crippen molar-refractivity contribution in [2.75, 3.05) is 13.2 Å². The highest BCUT2D eigenvalue weighted by molar-refractivity contribution is 5.67. The van der Waals surface area contributed by atoms with E-state index in [-0.39, 0.29) is 23.5 Å². The number of amides is 1. The van der Waals surface area contributed by atoms with Gasteiger partial charge in [0.15, 0.2) is 0 Å². The van der Waals surface area contributed by atoms with Crippen LogP contribution in [-0.2, 0) is 9.53 Å². The van der Waals surface area contributed by atoms with Crippen LogP contribution in [0.15, 0.2) is 4.99 Å². The third-order valence-corrected chi connectivity index (χ3v) is 3.88. The Kier molecular flexibility index (Phi) is 5.93. The fourth-order valence-corrected chi connectivity index (χ4v) is 3.43. The van der Waals surface area contributed by atoms with E-state index >= 15 is 0 Å². The van der Waals surface area contributed by atoms with E-state index in [0.717, 1.165) is 19.3 Å². The molecule has 1 aliphatic rings. The van der Waals surface area contributed by atoms with E-state index in [2.05, 4.69) is 31.1 Å². The maximum absolute atomic E-state index is 11.6. The molecule has 1 amide bonds. The summed E-state index contributed by atoms with van der Waals surface area (Å²) in [5.74, 6) is 0. The molecule has 6 heteroatoms. The van der Waals surface area contributed by atoms with Gasteiger partial charge in [0.1, 0.15) is 6.10 Å². The number of alkyl carbamates (subject to hydrolysis) is 1. The molecule has 1 rings (SSSR count). The summed E-state index contributed by atoms with van der Waals surface area (Å²) < 4.78 is 4.98. The zero-order valence-corrected chi connectivity index (χ0v) is 13.3. The molecule has 1 fully saturated rings. The summed E-state index contributed by atoms with van der Waals surface area (Å²) in [4.78, 5) is 26.0. The van der Waals surface area contributed by atoms with Crippen LogP contribution in [0.1, 0.15) is 47.0 Å². The summed E-state index contributed by atoms with van der Waals surface area (Å²) in [6.07, 6.45) is 3.12. The molecular formula is C15H26N2O4. The number of nitrogens with zero attached hydrogens (tertiary/aromatic N) is 1. The average Bonchev–Trinajstić information content (AvgIpc) is 2.34. The lowest BCUT2D eigenvalue weighted by Gasteiger charge is -2.45. The van der Waals surface area contributed by atoms with E-state index in [1.54, 1.807) is 13.0 Å². The van der Waals surface area contributed by atoms with Crippen molar-refractivity contribution in [3.05, 3.63) is 0 Å². The molecule has 3 unspecified atom stereocenters. The van der Waals surface area contributed by atoms with Gasteiger partial charge in [-0.05, 0) is 37.0 Å². The van der Waals surface area contributed by atoms with Crippen LogP contribution in [0.4, 0.5) is 4.79 Å². The molecule has 0 aromatic carbocycles. The highest BCUT2D eigenvalue weighted by Crippen LogP contribution is 2.46. The molecule has 3 atom stereocenters. The number of rotatable bonds is 5. The Hall–Kier alpha value is -1.39. The average molecular weight is 298 g/mol. The number of ether oxygens (including phenoxy) is 1. The molecule has 1 saturated carbocycles. The lowest BCUT2D eigenvalue weighted by molar-refractivity contribution is 0.0549. The highest BCUT2D eigenvalue weighted by atomic mass is 16.6. The predicted molar refractivity (Wildman–Crippen MR) is 78.7 cm³/mol. The Morgan fingerprint density at radius 3 is 2.71 bits per heavy atom. The standard InChI is InChI=1S/C15H26N2O4/c1-11(7-18)21-13(20)16-9-15(4)6-12(17-10-19)5-14(2,3)8-15/h11-12,18H,5-9H2,1-4H3,(H,16,20). The summed E-state index contributed by atoms with van der Waals surface area (Å²) >= 11 is 0. The number of isocyanates is 1. The van der Waals surface area contributed by atoms with Crippen LogP contribution >= 0.6 is 0 Å². The number of nitrogens with one attached hydrogen (secondary N) is 1. The third kappa shape index (κ3) is 5.86. The van der Waals surface area contributed by atoms with Crippen molar-refractivity contribution < 1.29 is 19.4 Å². The van der Waals surface area contributed by atoms with Crippen LogP contribution in [0.25, 0.3) is 0 Å². The quantitative estimate of drug-likeness (QED) is 0.600. The zero-order chi connectivity index (χ0) is 16.1. The fraction of sp³-hybridized carbons (Fsp3) is 0.867.